The lowest BCUT2D eigenvalue weighted by Gasteiger charge is -2.07. The summed E-state index contributed by atoms with van der Waals surface area (Å²) in [5.41, 5.74) is 5.47. The van der Waals surface area contributed by atoms with Crippen molar-refractivity contribution in [1.82, 2.24) is 25.1 Å². The zero-order valence-corrected chi connectivity index (χ0v) is 17.0. The molecule has 6 nitrogen and oxygen atoms in total. The number of hydrogen-bond acceptors (Lipinski definition) is 4. The number of nitrogens with zero attached hydrogens (tertiary/aromatic N) is 4. The SMILES string of the molecule is CC(C)c1ccc(-n2cc(-c3ccc(C(=O)NCc4ccncc4)cn3)cn2)cc1. The number of rotatable bonds is 6. The highest BCUT2D eigenvalue weighted by atomic mass is 16.1. The highest BCUT2D eigenvalue weighted by Crippen LogP contribution is 2.20. The summed E-state index contributed by atoms with van der Waals surface area (Å²) < 4.78 is 1.83. The maximum absolute atomic E-state index is 12.3. The minimum atomic E-state index is -0.160. The van der Waals surface area contributed by atoms with Crippen LogP contribution in [0, 0.1) is 0 Å². The van der Waals surface area contributed by atoms with E-state index in [4.69, 9.17) is 0 Å². The summed E-state index contributed by atoms with van der Waals surface area (Å²) in [7, 11) is 0. The van der Waals surface area contributed by atoms with Gasteiger partial charge in [-0.3, -0.25) is 14.8 Å². The number of benzene rings is 1. The third-order valence-electron chi connectivity index (χ3n) is 4.93. The van der Waals surface area contributed by atoms with Crippen molar-refractivity contribution >= 4 is 5.91 Å². The molecule has 0 saturated heterocycles. The van der Waals surface area contributed by atoms with Crippen LogP contribution in [0.25, 0.3) is 16.9 Å². The van der Waals surface area contributed by atoms with Crippen molar-refractivity contribution in [2.75, 3.05) is 0 Å². The first kappa shape index (κ1) is 19.5. The van der Waals surface area contributed by atoms with Gasteiger partial charge < -0.3 is 5.32 Å². The van der Waals surface area contributed by atoms with Crippen molar-refractivity contribution in [2.24, 2.45) is 0 Å². The molecule has 1 amide bonds. The summed E-state index contributed by atoms with van der Waals surface area (Å²) in [6.45, 7) is 4.80. The quantitative estimate of drug-likeness (QED) is 0.524. The first-order chi connectivity index (χ1) is 14.6. The van der Waals surface area contributed by atoms with E-state index in [0.717, 1.165) is 22.5 Å². The van der Waals surface area contributed by atoms with Crippen LogP contribution < -0.4 is 5.32 Å². The second-order valence-electron chi connectivity index (χ2n) is 7.39. The molecule has 0 saturated carbocycles. The molecule has 30 heavy (non-hydrogen) atoms. The predicted octanol–water partition coefficient (Wildman–Crippen LogP) is 4.38. The first-order valence-corrected chi connectivity index (χ1v) is 9.88. The molecule has 0 unspecified atom stereocenters. The Kier molecular flexibility index (Phi) is 5.66. The van der Waals surface area contributed by atoms with E-state index in [1.807, 2.05) is 29.1 Å². The van der Waals surface area contributed by atoms with Crippen molar-refractivity contribution in [3.63, 3.8) is 0 Å². The van der Waals surface area contributed by atoms with Crippen molar-refractivity contribution in [3.05, 3.63) is 96.2 Å². The Morgan fingerprint density at radius 1 is 1.00 bits per heavy atom. The zero-order valence-electron chi connectivity index (χ0n) is 17.0. The van der Waals surface area contributed by atoms with Gasteiger partial charge in [-0.2, -0.15) is 5.10 Å². The number of amides is 1. The van der Waals surface area contributed by atoms with Gasteiger partial charge in [-0.05, 0) is 53.4 Å². The van der Waals surface area contributed by atoms with Crippen LogP contribution in [0.3, 0.4) is 0 Å². The van der Waals surface area contributed by atoms with E-state index in [1.165, 1.54) is 5.56 Å². The highest BCUT2D eigenvalue weighted by Gasteiger charge is 2.09. The average Bonchev–Trinajstić information content (AvgIpc) is 3.29. The van der Waals surface area contributed by atoms with Gasteiger partial charge in [-0.15, -0.1) is 0 Å². The molecule has 0 atom stereocenters. The summed E-state index contributed by atoms with van der Waals surface area (Å²) >= 11 is 0. The van der Waals surface area contributed by atoms with Gasteiger partial charge in [0.25, 0.3) is 5.91 Å². The molecule has 6 heteroatoms. The van der Waals surface area contributed by atoms with Gasteiger partial charge in [-0.1, -0.05) is 26.0 Å². The lowest BCUT2D eigenvalue weighted by molar-refractivity contribution is 0.0950. The predicted molar refractivity (Wildman–Crippen MR) is 116 cm³/mol. The monoisotopic (exact) mass is 397 g/mol. The van der Waals surface area contributed by atoms with Crippen molar-refractivity contribution in [2.45, 2.75) is 26.3 Å². The van der Waals surface area contributed by atoms with E-state index < -0.39 is 0 Å². The topological polar surface area (TPSA) is 72.7 Å². The zero-order chi connectivity index (χ0) is 20.9. The molecule has 0 aliphatic carbocycles. The molecule has 0 aliphatic heterocycles. The number of carbonyl (C=O) groups is 1. The van der Waals surface area contributed by atoms with Crippen LogP contribution in [0.5, 0.6) is 0 Å². The Bertz CT molecular complexity index is 1120. The van der Waals surface area contributed by atoms with E-state index in [0.29, 0.717) is 18.0 Å². The van der Waals surface area contributed by atoms with Gasteiger partial charge in [0.1, 0.15) is 0 Å². The van der Waals surface area contributed by atoms with E-state index in [2.05, 4.69) is 58.5 Å². The van der Waals surface area contributed by atoms with Crippen LogP contribution in [0.2, 0.25) is 0 Å². The van der Waals surface area contributed by atoms with Crippen LogP contribution in [-0.4, -0.2) is 25.7 Å². The third-order valence-corrected chi connectivity index (χ3v) is 4.93. The Hall–Kier alpha value is -3.80. The molecule has 3 aromatic heterocycles. The van der Waals surface area contributed by atoms with Crippen molar-refractivity contribution in [3.8, 4) is 16.9 Å². The van der Waals surface area contributed by atoms with E-state index in [9.17, 15) is 4.79 Å². The summed E-state index contributed by atoms with van der Waals surface area (Å²) in [4.78, 5) is 20.8. The van der Waals surface area contributed by atoms with Crippen LogP contribution in [-0.2, 0) is 6.54 Å². The highest BCUT2D eigenvalue weighted by molar-refractivity contribution is 5.94. The fourth-order valence-electron chi connectivity index (χ4n) is 3.09. The molecule has 1 aromatic carbocycles. The third kappa shape index (κ3) is 4.43. The fraction of sp³-hybridized carbons (Fsp3) is 0.167. The summed E-state index contributed by atoms with van der Waals surface area (Å²) in [5, 5.41) is 7.34. The van der Waals surface area contributed by atoms with E-state index >= 15 is 0 Å². The minimum Gasteiger partial charge on any atom is -0.348 e. The van der Waals surface area contributed by atoms with Gasteiger partial charge in [0, 0.05) is 36.9 Å². The minimum absolute atomic E-state index is 0.160. The lowest BCUT2D eigenvalue weighted by Crippen LogP contribution is -2.22. The molecular formula is C24H23N5O. The lowest BCUT2D eigenvalue weighted by atomic mass is 10.0. The summed E-state index contributed by atoms with van der Waals surface area (Å²) in [5.74, 6) is 0.337. The molecule has 0 bridgehead atoms. The number of nitrogens with one attached hydrogen (secondary N) is 1. The smallest absolute Gasteiger partial charge is 0.253 e. The fourth-order valence-corrected chi connectivity index (χ4v) is 3.09. The first-order valence-electron chi connectivity index (χ1n) is 9.88. The Morgan fingerprint density at radius 2 is 1.77 bits per heavy atom. The average molecular weight is 397 g/mol. The second-order valence-corrected chi connectivity index (χ2v) is 7.39. The maximum Gasteiger partial charge on any atom is 0.253 e. The standard InChI is InChI=1S/C24H23N5O/c1-17(2)19-3-6-22(7-4-19)29-16-21(15-28-29)23-8-5-20(14-26-23)24(30)27-13-18-9-11-25-12-10-18/h3-12,14-17H,13H2,1-2H3,(H,27,30). The molecule has 1 N–H and O–H groups in total. The van der Waals surface area contributed by atoms with Crippen molar-refractivity contribution < 1.29 is 4.79 Å². The second kappa shape index (κ2) is 8.69. The normalized spacial score (nSPS) is 10.9. The Labute approximate surface area is 175 Å². The Balaban J connectivity index is 1.43. The van der Waals surface area contributed by atoms with Gasteiger partial charge in [-0.25, -0.2) is 4.68 Å². The molecule has 4 rings (SSSR count). The largest absolute Gasteiger partial charge is 0.348 e. The number of pyridine rings is 2. The molecule has 150 valence electrons. The maximum atomic E-state index is 12.3. The van der Waals surface area contributed by atoms with Crippen molar-refractivity contribution in [1.29, 1.82) is 0 Å². The van der Waals surface area contributed by atoms with Crippen LogP contribution >= 0.6 is 0 Å². The molecule has 0 fully saturated rings. The van der Waals surface area contributed by atoms with Crippen LogP contribution in [0.1, 0.15) is 41.3 Å². The number of hydrogen-bond donors (Lipinski definition) is 1. The van der Waals surface area contributed by atoms with E-state index in [1.54, 1.807) is 30.9 Å². The van der Waals surface area contributed by atoms with Gasteiger partial charge >= 0.3 is 0 Å². The van der Waals surface area contributed by atoms with Crippen LogP contribution in [0.15, 0.2) is 79.5 Å². The molecule has 0 aliphatic rings. The molecule has 3 heterocycles. The molecular weight excluding hydrogens is 374 g/mol. The molecule has 0 radical (unpaired) electrons. The Morgan fingerprint density at radius 3 is 2.43 bits per heavy atom. The molecule has 0 spiro atoms. The van der Waals surface area contributed by atoms with Crippen LogP contribution in [0.4, 0.5) is 0 Å². The van der Waals surface area contributed by atoms with E-state index in [-0.39, 0.29) is 5.91 Å². The molecule has 4 aromatic rings. The van der Waals surface area contributed by atoms with Gasteiger partial charge in [0.2, 0.25) is 0 Å². The summed E-state index contributed by atoms with van der Waals surface area (Å²) in [6.07, 6.45) is 8.72. The van der Waals surface area contributed by atoms with Gasteiger partial charge in [0.15, 0.2) is 0 Å². The number of aromatic nitrogens is 4. The number of carbonyl (C=O) groups excluding carboxylic acids is 1. The van der Waals surface area contributed by atoms with Gasteiger partial charge in [0.05, 0.1) is 23.1 Å². The summed E-state index contributed by atoms with van der Waals surface area (Å²) in [6, 6.07) is 15.7.